The number of primary sulfonamides is 1. The molecule has 4 rings (SSSR count). The summed E-state index contributed by atoms with van der Waals surface area (Å²) in [5, 5.41) is 19.2. The minimum absolute atomic E-state index is 0.0466. The Kier molecular flexibility index (Phi) is 6.13. The van der Waals surface area contributed by atoms with E-state index in [2.05, 4.69) is 11.0 Å². The van der Waals surface area contributed by atoms with E-state index in [-0.39, 0.29) is 10.8 Å². The van der Waals surface area contributed by atoms with Gasteiger partial charge in [0, 0.05) is 13.0 Å². The zero-order valence-electron chi connectivity index (χ0n) is 17.1. The molecule has 1 unspecified atom stereocenters. The van der Waals surface area contributed by atoms with Crippen LogP contribution >= 0.6 is 0 Å². The molecule has 3 aromatic rings. The van der Waals surface area contributed by atoms with Gasteiger partial charge in [-0.1, -0.05) is 30.3 Å². The zero-order chi connectivity index (χ0) is 21.8. The van der Waals surface area contributed by atoms with Crippen LogP contribution in [-0.2, 0) is 23.0 Å². The summed E-state index contributed by atoms with van der Waals surface area (Å²) in [6.07, 6.45) is 2.51. The Labute approximate surface area is 182 Å². The maximum Gasteiger partial charge on any atom is 0.238 e. The third kappa shape index (κ3) is 5.17. The topological polar surface area (TPSA) is 118 Å². The molecule has 1 aliphatic rings. The summed E-state index contributed by atoms with van der Waals surface area (Å²) in [5.74, 6) is 1.49. The Morgan fingerprint density at radius 3 is 2.55 bits per heavy atom. The average Bonchev–Trinajstić information content (AvgIpc) is 3.16. The van der Waals surface area contributed by atoms with Gasteiger partial charge < -0.3 is 0 Å². The van der Waals surface area contributed by atoms with Gasteiger partial charge in [0.25, 0.3) is 0 Å². The van der Waals surface area contributed by atoms with Crippen molar-refractivity contribution >= 4 is 10.0 Å². The highest BCUT2D eigenvalue weighted by atomic mass is 32.2. The Morgan fingerprint density at radius 1 is 1.13 bits per heavy atom. The fourth-order valence-electron chi connectivity index (χ4n) is 3.84. The fraction of sp³-hybridized carbons (Fsp3) is 0.318. The van der Waals surface area contributed by atoms with Crippen molar-refractivity contribution < 1.29 is 8.42 Å². The lowest BCUT2D eigenvalue weighted by molar-refractivity contribution is 0.188. The third-order valence-electron chi connectivity index (χ3n) is 5.39. The van der Waals surface area contributed by atoms with Crippen molar-refractivity contribution in [2.75, 3.05) is 13.1 Å². The second-order valence-corrected chi connectivity index (χ2v) is 9.32. The summed E-state index contributed by atoms with van der Waals surface area (Å²) in [7, 11) is -3.76. The van der Waals surface area contributed by atoms with E-state index in [4.69, 9.17) is 15.2 Å². The SMILES string of the molecule is N#CC1CCCN(Cc2nc(Cc3ccccc3)n(-c3ccc(S(N)(=O)=O)cc3)n2)C1. The van der Waals surface area contributed by atoms with E-state index in [9.17, 15) is 13.7 Å². The molecule has 0 saturated carbocycles. The van der Waals surface area contributed by atoms with Crippen LogP contribution in [0.1, 0.15) is 30.1 Å². The van der Waals surface area contributed by atoms with Gasteiger partial charge in [0.05, 0.1) is 29.1 Å². The van der Waals surface area contributed by atoms with Crippen LogP contribution in [0.25, 0.3) is 5.69 Å². The predicted molar refractivity (Wildman–Crippen MR) is 116 cm³/mol. The molecule has 160 valence electrons. The smallest absolute Gasteiger partial charge is 0.238 e. The molecule has 1 fully saturated rings. The molecule has 2 heterocycles. The fourth-order valence-corrected chi connectivity index (χ4v) is 4.36. The van der Waals surface area contributed by atoms with Crippen LogP contribution in [0.2, 0.25) is 0 Å². The molecule has 2 N–H and O–H groups in total. The number of hydrogen-bond acceptors (Lipinski definition) is 6. The first kappa shape index (κ1) is 21.2. The van der Waals surface area contributed by atoms with Crippen molar-refractivity contribution in [3.8, 4) is 11.8 Å². The Hall–Kier alpha value is -3.06. The minimum Gasteiger partial charge on any atom is -0.295 e. The molecule has 1 aromatic heterocycles. The van der Waals surface area contributed by atoms with Gasteiger partial charge in [-0.25, -0.2) is 23.2 Å². The van der Waals surface area contributed by atoms with Gasteiger partial charge in [0.2, 0.25) is 10.0 Å². The van der Waals surface area contributed by atoms with Crippen LogP contribution in [0.15, 0.2) is 59.5 Å². The summed E-state index contributed by atoms with van der Waals surface area (Å²) in [5.41, 5.74) is 1.82. The van der Waals surface area contributed by atoms with Crippen molar-refractivity contribution in [3.63, 3.8) is 0 Å². The molecule has 8 nitrogen and oxygen atoms in total. The van der Waals surface area contributed by atoms with Gasteiger partial charge in [0.15, 0.2) is 5.82 Å². The molecule has 31 heavy (non-hydrogen) atoms. The Balaban J connectivity index is 1.64. The number of piperidine rings is 1. The molecule has 0 radical (unpaired) electrons. The first-order valence-electron chi connectivity index (χ1n) is 10.2. The van der Waals surface area contributed by atoms with Gasteiger partial charge in [0.1, 0.15) is 5.82 Å². The lowest BCUT2D eigenvalue weighted by Gasteiger charge is -2.28. The molecule has 0 spiro atoms. The van der Waals surface area contributed by atoms with Gasteiger partial charge in [-0.2, -0.15) is 5.26 Å². The highest BCUT2D eigenvalue weighted by Gasteiger charge is 2.22. The highest BCUT2D eigenvalue weighted by Crippen LogP contribution is 2.20. The van der Waals surface area contributed by atoms with Crippen molar-refractivity contribution in [3.05, 3.63) is 71.8 Å². The minimum atomic E-state index is -3.76. The summed E-state index contributed by atoms with van der Waals surface area (Å²) in [4.78, 5) is 7.05. The normalized spacial score (nSPS) is 17.4. The number of nitrogens with zero attached hydrogens (tertiary/aromatic N) is 5. The maximum absolute atomic E-state index is 11.6. The number of likely N-dealkylation sites (tertiary alicyclic amines) is 1. The molecule has 1 saturated heterocycles. The van der Waals surface area contributed by atoms with Gasteiger partial charge >= 0.3 is 0 Å². The summed E-state index contributed by atoms with van der Waals surface area (Å²) in [6, 6.07) is 18.7. The molecule has 9 heteroatoms. The quantitative estimate of drug-likeness (QED) is 0.633. The van der Waals surface area contributed by atoms with E-state index in [1.807, 2.05) is 30.3 Å². The second kappa shape index (κ2) is 8.98. The number of nitriles is 1. The molecular formula is C22H24N6O2S. The van der Waals surface area contributed by atoms with Gasteiger partial charge in [-0.15, -0.1) is 5.10 Å². The van der Waals surface area contributed by atoms with Gasteiger partial charge in [-0.3, -0.25) is 4.90 Å². The van der Waals surface area contributed by atoms with Crippen molar-refractivity contribution in [1.29, 1.82) is 5.26 Å². The molecule has 1 aliphatic heterocycles. The standard InChI is InChI=1S/C22H24N6O2S/c23-14-18-7-4-12-27(15-18)16-21-25-22(13-17-5-2-1-3-6-17)28(26-21)19-8-10-20(11-9-19)31(24,29)30/h1-3,5-6,8-11,18H,4,7,12-13,15-16H2,(H2,24,29,30). The molecule has 0 aliphatic carbocycles. The van der Waals surface area contributed by atoms with E-state index in [0.717, 1.165) is 37.3 Å². The van der Waals surface area contributed by atoms with E-state index in [0.29, 0.717) is 24.5 Å². The van der Waals surface area contributed by atoms with Crippen LogP contribution < -0.4 is 5.14 Å². The van der Waals surface area contributed by atoms with Crippen LogP contribution in [-0.4, -0.2) is 41.2 Å². The summed E-state index contributed by atoms with van der Waals surface area (Å²) >= 11 is 0. The van der Waals surface area contributed by atoms with E-state index < -0.39 is 10.0 Å². The molecule has 0 bridgehead atoms. The van der Waals surface area contributed by atoms with Crippen LogP contribution in [0, 0.1) is 17.2 Å². The molecular weight excluding hydrogens is 412 g/mol. The van der Waals surface area contributed by atoms with Crippen molar-refractivity contribution in [2.45, 2.75) is 30.7 Å². The summed E-state index contributed by atoms with van der Waals surface area (Å²) in [6.45, 7) is 2.22. The van der Waals surface area contributed by atoms with Gasteiger partial charge in [-0.05, 0) is 49.2 Å². The Morgan fingerprint density at radius 2 is 1.87 bits per heavy atom. The lowest BCUT2D eigenvalue weighted by atomic mass is 10.00. The maximum atomic E-state index is 11.6. The number of benzene rings is 2. The van der Waals surface area contributed by atoms with Crippen LogP contribution in [0.4, 0.5) is 0 Å². The second-order valence-electron chi connectivity index (χ2n) is 7.76. The third-order valence-corrected chi connectivity index (χ3v) is 6.32. The largest absolute Gasteiger partial charge is 0.295 e. The number of hydrogen-bond donors (Lipinski definition) is 1. The van der Waals surface area contributed by atoms with E-state index >= 15 is 0 Å². The number of rotatable bonds is 6. The average molecular weight is 437 g/mol. The summed E-state index contributed by atoms with van der Waals surface area (Å²) < 4.78 is 24.9. The number of aromatic nitrogens is 3. The Bertz CT molecular complexity index is 1180. The molecule has 0 amide bonds. The molecule has 2 aromatic carbocycles. The number of sulfonamides is 1. The first-order valence-corrected chi connectivity index (χ1v) is 11.7. The van der Waals surface area contributed by atoms with Crippen LogP contribution in [0.3, 0.4) is 0 Å². The van der Waals surface area contributed by atoms with E-state index in [1.165, 1.54) is 12.1 Å². The van der Waals surface area contributed by atoms with E-state index in [1.54, 1.807) is 16.8 Å². The zero-order valence-corrected chi connectivity index (χ0v) is 17.9. The number of nitrogens with two attached hydrogens (primary N) is 1. The first-order chi connectivity index (χ1) is 14.9. The van der Waals surface area contributed by atoms with Crippen LogP contribution in [0.5, 0.6) is 0 Å². The van der Waals surface area contributed by atoms with Crippen molar-refractivity contribution in [2.24, 2.45) is 11.1 Å². The monoisotopic (exact) mass is 436 g/mol. The van der Waals surface area contributed by atoms with Crippen molar-refractivity contribution in [1.82, 2.24) is 19.7 Å². The molecule has 1 atom stereocenters. The predicted octanol–water partition coefficient (Wildman–Crippen LogP) is 2.24. The lowest BCUT2D eigenvalue weighted by Crippen LogP contribution is -2.34. The highest BCUT2D eigenvalue weighted by molar-refractivity contribution is 7.89.